The van der Waals surface area contributed by atoms with E-state index in [1.807, 2.05) is 65.1 Å². The zero-order chi connectivity index (χ0) is 22.2. The Kier molecular flexibility index (Phi) is 8.41. The molecular formula is C23H19I2N3O3. The number of carbonyl (C=O) groups is 2. The van der Waals surface area contributed by atoms with Crippen LogP contribution in [0.1, 0.15) is 33.9 Å². The number of nitrogens with one attached hydrogen (secondary N) is 2. The van der Waals surface area contributed by atoms with Gasteiger partial charge in [0.2, 0.25) is 5.91 Å². The van der Waals surface area contributed by atoms with E-state index in [0.29, 0.717) is 14.7 Å². The molecule has 1 atom stereocenters. The van der Waals surface area contributed by atoms with Crippen LogP contribution in [-0.2, 0) is 4.79 Å². The Balaban J connectivity index is 1.69. The van der Waals surface area contributed by atoms with Crippen LogP contribution in [0.25, 0.3) is 0 Å². The Morgan fingerprint density at radius 3 is 2.32 bits per heavy atom. The first-order chi connectivity index (χ1) is 14.9. The molecule has 0 heterocycles. The molecule has 0 spiro atoms. The molecule has 2 amide bonds. The largest absolute Gasteiger partial charge is 0.506 e. The quantitative estimate of drug-likeness (QED) is 0.201. The van der Waals surface area contributed by atoms with E-state index < -0.39 is 6.04 Å². The fourth-order valence-electron chi connectivity index (χ4n) is 2.86. The number of carbonyl (C=O) groups excluding carboxylic acids is 2. The second-order valence-electron chi connectivity index (χ2n) is 6.63. The van der Waals surface area contributed by atoms with Gasteiger partial charge < -0.3 is 10.4 Å². The standard InChI is InChI=1S/C23H19I2N3O3/c24-18-11-17(22(30)19(25)12-18)14-26-28-21(29)13-20(15-7-3-1-4-8-15)27-23(31)16-9-5-2-6-10-16/h1-12,14,20,30H,13H2,(H,27,31)(H,28,29)/b26-14-/t20-/m1/s1. The number of rotatable bonds is 7. The van der Waals surface area contributed by atoms with E-state index in [-0.39, 0.29) is 24.0 Å². The lowest BCUT2D eigenvalue weighted by Gasteiger charge is -2.18. The monoisotopic (exact) mass is 639 g/mol. The molecule has 0 aliphatic carbocycles. The number of hydrogen-bond acceptors (Lipinski definition) is 4. The predicted molar refractivity (Wildman–Crippen MR) is 137 cm³/mol. The first-order valence-electron chi connectivity index (χ1n) is 9.35. The molecular weight excluding hydrogens is 620 g/mol. The number of benzene rings is 3. The first kappa shape index (κ1) is 23.2. The average Bonchev–Trinajstić information content (AvgIpc) is 2.77. The summed E-state index contributed by atoms with van der Waals surface area (Å²) in [4.78, 5) is 25.1. The summed E-state index contributed by atoms with van der Waals surface area (Å²) in [6.07, 6.45) is 1.41. The number of hydrogen-bond donors (Lipinski definition) is 3. The van der Waals surface area contributed by atoms with E-state index in [2.05, 4.69) is 38.4 Å². The van der Waals surface area contributed by atoms with Gasteiger partial charge in [-0.1, -0.05) is 48.5 Å². The molecule has 0 bridgehead atoms. The summed E-state index contributed by atoms with van der Waals surface area (Å²) < 4.78 is 1.64. The Morgan fingerprint density at radius 1 is 1.00 bits per heavy atom. The summed E-state index contributed by atoms with van der Waals surface area (Å²) in [7, 11) is 0. The SMILES string of the molecule is O=C(C[C@@H](NC(=O)c1ccccc1)c1ccccc1)N/N=C\c1cc(I)cc(I)c1O. The van der Waals surface area contributed by atoms with Crippen LogP contribution in [0.15, 0.2) is 77.9 Å². The fraction of sp³-hybridized carbons (Fsp3) is 0.0870. The molecule has 0 unspecified atom stereocenters. The fourth-order valence-corrected chi connectivity index (χ4v) is 4.75. The smallest absolute Gasteiger partial charge is 0.251 e. The minimum atomic E-state index is -0.517. The second kappa shape index (κ2) is 11.2. The van der Waals surface area contributed by atoms with Crippen molar-refractivity contribution in [3.05, 3.63) is 96.6 Å². The molecule has 0 fully saturated rings. The minimum Gasteiger partial charge on any atom is -0.506 e. The van der Waals surface area contributed by atoms with E-state index in [1.165, 1.54) is 6.21 Å². The van der Waals surface area contributed by atoms with Crippen LogP contribution in [0.2, 0.25) is 0 Å². The van der Waals surface area contributed by atoms with E-state index in [9.17, 15) is 14.7 Å². The zero-order valence-corrected chi connectivity index (χ0v) is 20.6. The van der Waals surface area contributed by atoms with Crippen molar-refractivity contribution in [2.75, 3.05) is 0 Å². The van der Waals surface area contributed by atoms with Gasteiger partial charge in [0.15, 0.2) is 0 Å². The topological polar surface area (TPSA) is 90.8 Å². The van der Waals surface area contributed by atoms with Crippen LogP contribution >= 0.6 is 45.2 Å². The molecule has 3 N–H and O–H groups in total. The average molecular weight is 639 g/mol. The highest BCUT2D eigenvalue weighted by atomic mass is 127. The zero-order valence-electron chi connectivity index (χ0n) is 16.3. The molecule has 3 aromatic carbocycles. The van der Waals surface area contributed by atoms with Gasteiger partial charge in [0, 0.05) is 14.7 Å². The molecule has 0 radical (unpaired) electrons. The molecule has 3 rings (SSSR count). The number of phenols is 1. The summed E-state index contributed by atoms with van der Waals surface area (Å²) in [5, 5.41) is 17.0. The minimum absolute atomic E-state index is 0.00969. The molecule has 0 saturated carbocycles. The first-order valence-corrected chi connectivity index (χ1v) is 11.5. The molecule has 0 saturated heterocycles. The van der Waals surface area contributed by atoms with Crippen molar-refractivity contribution >= 4 is 63.2 Å². The Hall–Kier alpha value is -2.47. The van der Waals surface area contributed by atoms with Gasteiger partial charge in [-0.25, -0.2) is 5.43 Å². The van der Waals surface area contributed by atoms with Crippen molar-refractivity contribution in [1.29, 1.82) is 0 Å². The summed E-state index contributed by atoms with van der Waals surface area (Å²) in [5.41, 5.74) is 4.32. The van der Waals surface area contributed by atoms with Crippen molar-refractivity contribution < 1.29 is 14.7 Å². The highest BCUT2D eigenvalue weighted by Crippen LogP contribution is 2.25. The van der Waals surface area contributed by atoms with Crippen molar-refractivity contribution in [1.82, 2.24) is 10.7 Å². The third-order valence-electron chi connectivity index (χ3n) is 4.38. The second-order valence-corrected chi connectivity index (χ2v) is 9.03. The Bertz CT molecular complexity index is 1090. The molecule has 0 aliphatic rings. The highest BCUT2D eigenvalue weighted by molar-refractivity contribution is 14.1. The lowest BCUT2D eigenvalue weighted by Crippen LogP contribution is -2.32. The number of phenolic OH excluding ortho intramolecular Hbond substituents is 1. The molecule has 3 aromatic rings. The number of nitrogens with zero attached hydrogens (tertiary/aromatic N) is 1. The lowest BCUT2D eigenvalue weighted by molar-refractivity contribution is -0.121. The van der Waals surface area contributed by atoms with Crippen molar-refractivity contribution in [2.24, 2.45) is 5.10 Å². The lowest BCUT2D eigenvalue weighted by atomic mass is 10.0. The van der Waals surface area contributed by atoms with E-state index in [0.717, 1.165) is 9.13 Å². The van der Waals surface area contributed by atoms with Gasteiger partial charge in [0.25, 0.3) is 5.91 Å². The number of aromatic hydroxyl groups is 1. The third kappa shape index (κ3) is 6.76. The molecule has 0 aromatic heterocycles. The van der Waals surface area contributed by atoms with E-state index >= 15 is 0 Å². The maximum atomic E-state index is 12.6. The van der Waals surface area contributed by atoms with Crippen molar-refractivity contribution in [2.45, 2.75) is 12.5 Å². The van der Waals surface area contributed by atoms with Gasteiger partial charge in [-0.05, 0) is 75.0 Å². The van der Waals surface area contributed by atoms with Crippen molar-refractivity contribution in [3.63, 3.8) is 0 Å². The van der Waals surface area contributed by atoms with Gasteiger partial charge >= 0.3 is 0 Å². The van der Waals surface area contributed by atoms with Crippen LogP contribution in [0.5, 0.6) is 5.75 Å². The van der Waals surface area contributed by atoms with Crippen LogP contribution in [0, 0.1) is 7.14 Å². The van der Waals surface area contributed by atoms with Gasteiger partial charge in [-0.15, -0.1) is 0 Å². The number of hydrazone groups is 1. The van der Waals surface area contributed by atoms with Gasteiger partial charge in [-0.2, -0.15) is 5.10 Å². The predicted octanol–water partition coefficient (Wildman–Crippen LogP) is 4.61. The Labute approximate surface area is 207 Å². The normalized spacial score (nSPS) is 11.8. The summed E-state index contributed by atoms with van der Waals surface area (Å²) >= 11 is 4.18. The Morgan fingerprint density at radius 2 is 1.65 bits per heavy atom. The molecule has 6 nitrogen and oxygen atoms in total. The maximum absolute atomic E-state index is 12.6. The van der Waals surface area contributed by atoms with Crippen LogP contribution in [0.4, 0.5) is 0 Å². The maximum Gasteiger partial charge on any atom is 0.251 e. The highest BCUT2D eigenvalue weighted by Gasteiger charge is 2.19. The van der Waals surface area contributed by atoms with Crippen LogP contribution in [0.3, 0.4) is 0 Å². The van der Waals surface area contributed by atoms with Crippen LogP contribution in [-0.4, -0.2) is 23.1 Å². The van der Waals surface area contributed by atoms with Crippen LogP contribution < -0.4 is 10.7 Å². The molecule has 158 valence electrons. The molecule has 31 heavy (non-hydrogen) atoms. The van der Waals surface area contributed by atoms with Gasteiger partial charge in [0.05, 0.1) is 22.2 Å². The van der Waals surface area contributed by atoms with Gasteiger partial charge in [0.1, 0.15) is 5.75 Å². The van der Waals surface area contributed by atoms with E-state index in [4.69, 9.17) is 0 Å². The summed E-state index contributed by atoms with van der Waals surface area (Å²) in [5.74, 6) is -0.515. The van der Waals surface area contributed by atoms with Crippen molar-refractivity contribution in [3.8, 4) is 5.75 Å². The summed E-state index contributed by atoms with van der Waals surface area (Å²) in [6.45, 7) is 0. The van der Waals surface area contributed by atoms with Gasteiger partial charge in [-0.3, -0.25) is 9.59 Å². The number of halogens is 2. The third-order valence-corrected chi connectivity index (χ3v) is 5.83. The summed E-state index contributed by atoms with van der Waals surface area (Å²) in [6, 6.07) is 21.2. The van der Waals surface area contributed by atoms with E-state index in [1.54, 1.807) is 30.3 Å². The number of amides is 2. The molecule has 8 heteroatoms. The molecule has 0 aliphatic heterocycles.